The number of anilines is 1. The number of benzene rings is 1. The summed E-state index contributed by atoms with van der Waals surface area (Å²) in [6, 6.07) is 4.38. The standard InChI is InChI=1S/C15H19FN2O2S/c1-2-20-10-6-9(7-10)8-13(19)18-12-5-3-4-11(16)14(12)15(17)21/h3-5,9-10H,2,6-8H2,1H3,(H2,17,21)(H,18,19). The Morgan fingerprint density at radius 3 is 2.86 bits per heavy atom. The number of hydrogen-bond donors (Lipinski definition) is 2. The Balaban J connectivity index is 1.92. The van der Waals surface area contributed by atoms with Crippen LogP contribution < -0.4 is 11.1 Å². The molecule has 0 radical (unpaired) electrons. The molecule has 0 aromatic heterocycles. The highest BCUT2D eigenvalue weighted by molar-refractivity contribution is 7.80. The van der Waals surface area contributed by atoms with E-state index in [2.05, 4.69) is 5.32 Å². The van der Waals surface area contributed by atoms with Gasteiger partial charge in [0.1, 0.15) is 10.8 Å². The molecule has 0 saturated heterocycles. The Bertz CT molecular complexity index is 544. The summed E-state index contributed by atoms with van der Waals surface area (Å²) in [5.74, 6) is -0.359. The van der Waals surface area contributed by atoms with Gasteiger partial charge in [-0.3, -0.25) is 4.79 Å². The first kappa shape index (κ1) is 15.9. The molecule has 4 nitrogen and oxygen atoms in total. The molecule has 1 aromatic carbocycles. The van der Waals surface area contributed by atoms with Gasteiger partial charge in [0.15, 0.2) is 0 Å². The Morgan fingerprint density at radius 1 is 1.52 bits per heavy atom. The molecule has 3 N–H and O–H groups in total. The zero-order valence-electron chi connectivity index (χ0n) is 11.9. The van der Waals surface area contributed by atoms with E-state index in [1.807, 2.05) is 6.92 Å². The van der Waals surface area contributed by atoms with Crippen molar-refractivity contribution in [1.82, 2.24) is 0 Å². The van der Waals surface area contributed by atoms with Crippen LogP contribution in [0, 0.1) is 11.7 Å². The molecule has 1 saturated carbocycles. The molecule has 0 heterocycles. The summed E-state index contributed by atoms with van der Waals surface area (Å²) in [6.45, 7) is 2.66. The van der Waals surface area contributed by atoms with Crippen molar-refractivity contribution in [2.24, 2.45) is 11.7 Å². The molecule has 0 spiro atoms. The van der Waals surface area contributed by atoms with Crippen LogP contribution in [0.25, 0.3) is 0 Å². The summed E-state index contributed by atoms with van der Waals surface area (Å²) in [6.07, 6.45) is 2.46. The van der Waals surface area contributed by atoms with E-state index in [-0.39, 0.29) is 22.6 Å². The van der Waals surface area contributed by atoms with Crippen LogP contribution in [0.4, 0.5) is 10.1 Å². The van der Waals surface area contributed by atoms with Gasteiger partial charge in [0.25, 0.3) is 0 Å². The summed E-state index contributed by atoms with van der Waals surface area (Å²) in [5.41, 5.74) is 5.92. The summed E-state index contributed by atoms with van der Waals surface area (Å²) in [5, 5.41) is 2.69. The molecule has 6 heteroatoms. The normalized spacial score (nSPS) is 20.7. The number of ether oxygens (including phenoxy) is 1. The monoisotopic (exact) mass is 310 g/mol. The van der Waals surface area contributed by atoms with Crippen molar-refractivity contribution >= 4 is 28.8 Å². The third-order valence-corrected chi connectivity index (χ3v) is 3.81. The minimum atomic E-state index is -0.527. The molecule has 1 aliphatic carbocycles. The maximum Gasteiger partial charge on any atom is 0.224 e. The lowest BCUT2D eigenvalue weighted by Gasteiger charge is -2.34. The molecule has 1 amide bonds. The lowest BCUT2D eigenvalue weighted by Crippen LogP contribution is -2.34. The highest BCUT2D eigenvalue weighted by Crippen LogP contribution is 2.33. The Labute approximate surface area is 128 Å². The molecule has 1 aliphatic rings. The van der Waals surface area contributed by atoms with Crippen LogP contribution in [0.15, 0.2) is 18.2 Å². The van der Waals surface area contributed by atoms with Gasteiger partial charge in [-0.25, -0.2) is 4.39 Å². The van der Waals surface area contributed by atoms with E-state index in [9.17, 15) is 9.18 Å². The zero-order chi connectivity index (χ0) is 15.4. The molecule has 0 unspecified atom stereocenters. The van der Waals surface area contributed by atoms with Crippen molar-refractivity contribution in [2.45, 2.75) is 32.3 Å². The van der Waals surface area contributed by atoms with Crippen molar-refractivity contribution in [3.8, 4) is 0 Å². The lowest BCUT2D eigenvalue weighted by atomic mass is 9.80. The number of halogens is 1. The fourth-order valence-electron chi connectivity index (χ4n) is 2.56. The van der Waals surface area contributed by atoms with Crippen LogP contribution in [0.2, 0.25) is 0 Å². The van der Waals surface area contributed by atoms with E-state index >= 15 is 0 Å². The van der Waals surface area contributed by atoms with Gasteiger partial charge < -0.3 is 15.8 Å². The SMILES string of the molecule is CCOC1CC(CC(=O)Nc2cccc(F)c2C(N)=S)C1. The zero-order valence-corrected chi connectivity index (χ0v) is 12.7. The number of carbonyl (C=O) groups excluding carboxylic acids is 1. The number of thiocarbonyl (C=S) groups is 1. The maximum absolute atomic E-state index is 13.7. The summed E-state index contributed by atoms with van der Waals surface area (Å²) < 4.78 is 19.2. The quantitative estimate of drug-likeness (QED) is 0.793. The average molecular weight is 310 g/mol. The molecule has 0 bridgehead atoms. The van der Waals surface area contributed by atoms with Crippen molar-refractivity contribution in [3.63, 3.8) is 0 Å². The lowest BCUT2D eigenvalue weighted by molar-refractivity contribution is -0.119. The molecule has 0 aliphatic heterocycles. The van der Waals surface area contributed by atoms with E-state index in [1.54, 1.807) is 6.07 Å². The first-order chi connectivity index (χ1) is 10.0. The van der Waals surface area contributed by atoms with Crippen LogP contribution in [0.1, 0.15) is 31.7 Å². The smallest absolute Gasteiger partial charge is 0.224 e. The number of amides is 1. The third-order valence-electron chi connectivity index (χ3n) is 3.60. The van der Waals surface area contributed by atoms with Crippen molar-refractivity contribution in [3.05, 3.63) is 29.6 Å². The minimum Gasteiger partial charge on any atom is -0.389 e. The van der Waals surface area contributed by atoms with Gasteiger partial charge in [-0.2, -0.15) is 0 Å². The second kappa shape index (κ2) is 6.95. The number of nitrogens with two attached hydrogens (primary N) is 1. The van der Waals surface area contributed by atoms with Crippen LogP contribution in [0.5, 0.6) is 0 Å². The van der Waals surface area contributed by atoms with E-state index in [0.717, 1.165) is 12.8 Å². The molecule has 1 fully saturated rings. The van der Waals surface area contributed by atoms with Crippen molar-refractivity contribution < 1.29 is 13.9 Å². The van der Waals surface area contributed by atoms with Gasteiger partial charge in [0.2, 0.25) is 5.91 Å². The van der Waals surface area contributed by atoms with Crippen LogP contribution in [-0.2, 0) is 9.53 Å². The fraction of sp³-hybridized carbons (Fsp3) is 0.467. The van der Waals surface area contributed by atoms with E-state index in [4.69, 9.17) is 22.7 Å². The second-order valence-corrected chi connectivity index (χ2v) is 5.63. The largest absolute Gasteiger partial charge is 0.389 e. The summed E-state index contributed by atoms with van der Waals surface area (Å²) >= 11 is 4.83. The first-order valence-corrected chi connectivity index (χ1v) is 7.41. The van der Waals surface area contributed by atoms with Gasteiger partial charge in [-0.15, -0.1) is 0 Å². The number of hydrogen-bond acceptors (Lipinski definition) is 3. The highest BCUT2D eigenvalue weighted by atomic mass is 32.1. The molecular weight excluding hydrogens is 291 g/mol. The minimum absolute atomic E-state index is 0.0662. The van der Waals surface area contributed by atoms with Gasteiger partial charge in [0.05, 0.1) is 17.4 Å². The molecule has 2 rings (SSSR count). The Hall–Kier alpha value is -1.53. The molecule has 0 atom stereocenters. The van der Waals surface area contributed by atoms with Crippen molar-refractivity contribution in [2.75, 3.05) is 11.9 Å². The maximum atomic E-state index is 13.7. The van der Waals surface area contributed by atoms with E-state index in [1.165, 1.54) is 12.1 Å². The van der Waals surface area contributed by atoms with Crippen LogP contribution in [0.3, 0.4) is 0 Å². The number of carbonyl (C=O) groups is 1. The first-order valence-electron chi connectivity index (χ1n) is 7.01. The van der Waals surface area contributed by atoms with Gasteiger partial charge >= 0.3 is 0 Å². The van der Waals surface area contributed by atoms with Crippen LogP contribution in [-0.4, -0.2) is 23.6 Å². The Morgan fingerprint density at radius 2 is 2.24 bits per heavy atom. The van der Waals surface area contributed by atoms with E-state index in [0.29, 0.717) is 24.6 Å². The third kappa shape index (κ3) is 3.98. The topological polar surface area (TPSA) is 64.3 Å². The predicted octanol–water partition coefficient (Wildman–Crippen LogP) is 2.60. The average Bonchev–Trinajstić information content (AvgIpc) is 2.35. The predicted molar refractivity (Wildman–Crippen MR) is 83.7 cm³/mol. The fourth-order valence-corrected chi connectivity index (χ4v) is 2.76. The van der Waals surface area contributed by atoms with Crippen molar-refractivity contribution in [1.29, 1.82) is 0 Å². The van der Waals surface area contributed by atoms with Gasteiger partial charge in [-0.1, -0.05) is 18.3 Å². The van der Waals surface area contributed by atoms with Gasteiger partial charge in [0, 0.05) is 13.0 Å². The molecule has 1 aromatic rings. The second-order valence-electron chi connectivity index (χ2n) is 5.19. The highest BCUT2D eigenvalue weighted by Gasteiger charge is 2.31. The molecular formula is C15H19FN2O2S. The molecule has 21 heavy (non-hydrogen) atoms. The summed E-state index contributed by atoms with van der Waals surface area (Å²) in [4.78, 5) is 11.9. The van der Waals surface area contributed by atoms with Crippen LogP contribution >= 0.6 is 12.2 Å². The van der Waals surface area contributed by atoms with Gasteiger partial charge in [-0.05, 0) is 37.8 Å². The molecule has 114 valence electrons. The summed E-state index contributed by atoms with van der Waals surface area (Å²) in [7, 11) is 0. The number of rotatable bonds is 6. The number of nitrogens with one attached hydrogen (secondary N) is 1. The van der Waals surface area contributed by atoms with E-state index < -0.39 is 5.82 Å². The Kier molecular flexibility index (Phi) is 5.25.